The van der Waals surface area contributed by atoms with Gasteiger partial charge < -0.3 is 14.2 Å². The second-order valence-electron chi connectivity index (χ2n) is 8.48. The van der Waals surface area contributed by atoms with Crippen molar-refractivity contribution in [2.75, 3.05) is 36.0 Å². The molecule has 1 aliphatic heterocycles. The summed E-state index contributed by atoms with van der Waals surface area (Å²) in [5.74, 6) is -0.139. The first-order valence-corrected chi connectivity index (χ1v) is 11.8. The number of aromatic nitrogens is 1. The number of hydrogen-bond donors (Lipinski definition) is 0. The van der Waals surface area contributed by atoms with Crippen LogP contribution in [0, 0.1) is 12.7 Å². The molecule has 0 spiro atoms. The van der Waals surface area contributed by atoms with E-state index in [4.69, 9.17) is 4.43 Å². The molecule has 1 fully saturated rings. The quantitative estimate of drug-likeness (QED) is 0.675. The fourth-order valence-corrected chi connectivity index (χ4v) is 4.14. The Balaban J connectivity index is 1.66. The second-order valence-corrected chi connectivity index (χ2v) is 11.4. The van der Waals surface area contributed by atoms with Gasteiger partial charge in [0.15, 0.2) is 5.82 Å². The molecule has 0 unspecified atom stereocenters. The Labute approximate surface area is 170 Å². The third-order valence-electron chi connectivity index (χ3n) is 5.51. The predicted molar refractivity (Wildman–Crippen MR) is 116 cm³/mol. The van der Waals surface area contributed by atoms with E-state index in [0.717, 1.165) is 26.2 Å². The Morgan fingerprint density at radius 1 is 1.07 bits per heavy atom. The average molecular weight is 401 g/mol. The van der Waals surface area contributed by atoms with Crippen molar-refractivity contribution < 1.29 is 8.82 Å². The first kappa shape index (κ1) is 20.8. The van der Waals surface area contributed by atoms with Gasteiger partial charge in [-0.3, -0.25) is 4.98 Å². The van der Waals surface area contributed by atoms with Crippen molar-refractivity contribution >= 4 is 20.4 Å². The number of pyridine rings is 1. The summed E-state index contributed by atoms with van der Waals surface area (Å²) in [5, 5.41) is 0.139. The number of hydrogen-bond acceptors (Lipinski definition) is 4. The van der Waals surface area contributed by atoms with Crippen molar-refractivity contribution in [1.29, 1.82) is 0 Å². The maximum atomic E-state index is 15.2. The van der Waals surface area contributed by atoms with Crippen molar-refractivity contribution in [2.24, 2.45) is 0 Å². The van der Waals surface area contributed by atoms with Gasteiger partial charge in [0.25, 0.3) is 0 Å². The van der Waals surface area contributed by atoms with Crippen LogP contribution in [0.4, 0.5) is 15.8 Å². The van der Waals surface area contributed by atoms with Crippen LogP contribution in [-0.4, -0.2) is 40.2 Å². The first-order valence-electron chi connectivity index (χ1n) is 9.92. The maximum Gasteiger partial charge on any atom is 0.214 e. The number of rotatable bonds is 5. The lowest BCUT2D eigenvalue weighted by molar-refractivity contribution is 0.288. The number of piperazine rings is 1. The van der Waals surface area contributed by atoms with Crippen molar-refractivity contribution in [3.05, 3.63) is 53.6 Å². The van der Waals surface area contributed by atoms with E-state index in [1.807, 2.05) is 30.6 Å². The molecule has 0 aliphatic carbocycles. The number of aryl methyl sites for hydroxylation is 1. The van der Waals surface area contributed by atoms with Crippen LogP contribution in [0.25, 0.3) is 0 Å². The highest BCUT2D eigenvalue weighted by Crippen LogP contribution is 2.30. The monoisotopic (exact) mass is 400 g/mol. The molecule has 6 heteroatoms. The lowest BCUT2D eigenvalue weighted by atomic mass is 10.1. The summed E-state index contributed by atoms with van der Waals surface area (Å²) in [6.45, 7) is 14.5. The molecule has 2 heterocycles. The van der Waals surface area contributed by atoms with E-state index in [-0.39, 0.29) is 10.9 Å². The van der Waals surface area contributed by atoms with Gasteiger partial charge in [-0.1, -0.05) is 32.9 Å². The molecule has 0 N–H and O–H groups in total. The molecule has 151 valence electrons. The molecule has 2 aromatic rings. The van der Waals surface area contributed by atoms with Gasteiger partial charge in [0, 0.05) is 49.8 Å². The van der Waals surface area contributed by atoms with Crippen molar-refractivity contribution in [1.82, 2.24) is 4.98 Å². The van der Waals surface area contributed by atoms with Gasteiger partial charge in [-0.2, -0.15) is 0 Å². The summed E-state index contributed by atoms with van der Waals surface area (Å²) in [4.78, 5) is 8.67. The van der Waals surface area contributed by atoms with Gasteiger partial charge >= 0.3 is 0 Å². The van der Waals surface area contributed by atoms with E-state index in [1.54, 1.807) is 0 Å². The number of anilines is 2. The zero-order valence-corrected chi connectivity index (χ0v) is 18.6. The van der Waals surface area contributed by atoms with Crippen molar-refractivity contribution in [3.63, 3.8) is 0 Å². The minimum Gasteiger partial charge on any atom is -0.412 e. The summed E-state index contributed by atoms with van der Waals surface area (Å²) in [6, 6.07) is 7.72. The molecule has 28 heavy (non-hydrogen) atoms. The van der Waals surface area contributed by atoms with Gasteiger partial charge in [0.05, 0.1) is 12.3 Å². The lowest BCUT2D eigenvalue weighted by Crippen LogP contribution is -2.47. The topological polar surface area (TPSA) is 28.6 Å². The van der Waals surface area contributed by atoms with E-state index in [2.05, 4.69) is 55.1 Å². The zero-order chi connectivity index (χ0) is 20.3. The van der Waals surface area contributed by atoms with Crippen molar-refractivity contribution in [3.8, 4) is 0 Å². The molecular formula is C22H31FN3OSi. The molecule has 0 amide bonds. The second kappa shape index (κ2) is 8.62. The van der Waals surface area contributed by atoms with Crippen LogP contribution in [0.2, 0.25) is 11.6 Å². The van der Waals surface area contributed by atoms with Crippen LogP contribution in [-0.2, 0) is 11.0 Å². The van der Waals surface area contributed by atoms with Gasteiger partial charge in [0.2, 0.25) is 9.04 Å². The Hall–Kier alpha value is -1.92. The number of benzene rings is 1. The normalized spacial score (nSPS) is 15.4. The minimum atomic E-state index is -0.990. The van der Waals surface area contributed by atoms with Gasteiger partial charge in [0.1, 0.15) is 0 Å². The van der Waals surface area contributed by atoms with Crippen LogP contribution in [0.1, 0.15) is 31.9 Å². The smallest absolute Gasteiger partial charge is 0.214 e. The lowest BCUT2D eigenvalue weighted by Gasteiger charge is -2.38. The molecule has 1 saturated heterocycles. The van der Waals surface area contributed by atoms with Gasteiger partial charge in [-0.05, 0) is 36.2 Å². The highest BCUT2D eigenvalue weighted by molar-refractivity contribution is 6.53. The highest BCUT2D eigenvalue weighted by atomic mass is 28.3. The largest absolute Gasteiger partial charge is 0.412 e. The van der Waals surface area contributed by atoms with Crippen LogP contribution in [0.5, 0.6) is 0 Å². The number of halogens is 1. The maximum absolute atomic E-state index is 15.2. The Bertz CT molecular complexity index is 801. The average Bonchev–Trinajstić information content (AvgIpc) is 2.67. The molecule has 4 nitrogen and oxygen atoms in total. The Kier molecular flexibility index (Phi) is 6.40. The van der Waals surface area contributed by atoms with Gasteiger partial charge in [-0.25, -0.2) is 4.39 Å². The summed E-state index contributed by atoms with van der Waals surface area (Å²) in [5.41, 5.74) is 3.74. The van der Waals surface area contributed by atoms with Crippen LogP contribution in [0.15, 0.2) is 36.7 Å². The molecule has 1 aromatic carbocycles. The SMILES string of the molecule is Cc1cnccc1N1CCN(c2cccc(CO[Si](C)C(C)(C)C)c2F)CC1. The fourth-order valence-electron chi connectivity index (χ4n) is 3.33. The number of nitrogens with zero attached hydrogens (tertiary/aromatic N) is 3. The fraction of sp³-hybridized carbons (Fsp3) is 0.500. The summed E-state index contributed by atoms with van der Waals surface area (Å²) < 4.78 is 21.2. The molecule has 0 saturated carbocycles. The molecule has 1 aliphatic rings. The van der Waals surface area contributed by atoms with Gasteiger partial charge in [-0.15, -0.1) is 0 Å². The van der Waals surface area contributed by atoms with Crippen LogP contribution < -0.4 is 9.80 Å². The summed E-state index contributed by atoms with van der Waals surface area (Å²) in [7, 11) is -0.990. The summed E-state index contributed by atoms with van der Waals surface area (Å²) >= 11 is 0. The van der Waals surface area contributed by atoms with E-state index < -0.39 is 9.04 Å². The molecular weight excluding hydrogens is 369 g/mol. The predicted octanol–water partition coefficient (Wildman–Crippen LogP) is 4.79. The van der Waals surface area contributed by atoms with E-state index in [1.165, 1.54) is 11.3 Å². The van der Waals surface area contributed by atoms with Crippen molar-refractivity contribution in [2.45, 2.75) is 45.9 Å². The zero-order valence-electron chi connectivity index (χ0n) is 17.6. The highest BCUT2D eigenvalue weighted by Gasteiger charge is 2.25. The first-order chi connectivity index (χ1) is 13.3. The minimum absolute atomic E-state index is 0.139. The molecule has 3 rings (SSSR count). The molecule has 0 atom stereocenters. The van der Waals surface area contributed by atoms with Crippen LogP contribution in [0.3, 0.4) is 0 Å². The van der Waals surface area contributed by atoms with E-state index in [9.17, 15) is 0 Å². The molecule has 0 bridgehead atoms. The third kappa shape index (κ3) is 4.73. The Morgan fingerprint density at radius 3 is 2.32 bits per heavy atom. The summed E-state index contributed by atoms with van der Waals surface area (Å²) in [6.07, 6.45) is 3.73. The Morgan fingerprint density at radius 2 is 1.71 bits per heavy atom. The van der Waals surface area contributed by atoms with Crippen LogP contribution >= 0.6 is 0 Å². The van der Waals surface area contributed by atoms with E-state index in [0.29, 0.717) is 17.9 Å². The molecule has 1 aromatic heterocycles. The standard InChI is InChI=1S/C22H31FN3OSi/c1-17-15-24-10-9-19(17)25-11-13-26(14-12-25)20-8-6-7-18(21(20)23)16-27-28(5)22(2,3)4/h6-10,15H,11-14,16H2,1-5H3. The molecule has 1 radical (unpaired) electrons. The third-order valence-corrected chi connectivity index (χ3v) is 8.20. The van der Waals surface area contributed by atoms with E-state index >= 15 is 4.39 Å².